The molecular weight excluding hydrogens is 332 g/mol. The van der Waals surface area contributed by atoms with E-state index >= 15 is 0 Å². The standard InChI is InChI=1S/C21H32O5/c1-4-17(24)26-16-6-5-14-18-15(23)10-12-9-13(22)7-8-20(12,2)19(18)25-11-21(14,16)3/h10,13-16,18-19,22-23H,4-9,11H2,1-3H3/t13-,14?,15-,16-,18?,19?,20-,21-/m0/s1. The minimum absolute atomic E-state index is 0.0244. The molecule has 0 spiro atoms. The summed E-state index contributed by atoms with van der Waals surface area (Å²) in [5, 5.41) is 21.0. The molecule has 4 rings (SSSR count). The number of carbonyl (C=O) groups excluding carboxylic acids is 1. The van der Waals surface area contributed by atoms with E-state index in [2.05, 4.69) is 13.8 Å². The van der Waals surface area contributed by atoms with Crippen molar-refractivity contribution >= 4 is 5.97 Å². The van der Waals surface area contributed by atoms with Crippen LogP contribution in [-0.2, 0) is 14.3 Å². The predicted molar refractivity (Wildman–Crippen MR) is 96.3 cm³/mol. The molecule has 2 saturated carbocycles. The molecule has 146 valence electrons. The molecule has 2 N–H and O–H groups in total. The second kappa shape index (κ2) is 6.32. The lowest BCUT2D eigenvalue weighted by atomic mass is 9.54. The van der Waals surface area contributed by atoms with Gasteiger partial charge in [0.15, 0.2) is 0 Å². The van der Waals surface area contributed by atoms with E-state index in [0.717, 1.165) is 31.3 Å². The van der Waals surface area contributed by atoms with Crippen LogP contribution in [0.4, 0.5) is 0 Å². The number of carbonyl (C=O) groups is 1. The Balaban J connectivity index is 1.64. The average molecular weight is 364 g/mol. The van der Waals surface area contributed by atoms with E-state index in [0.29, 0.717) is 19.4 Å². The second-order valence-electron chi connectivity index (χ2n) is 9.33. The molecule has 0 aromatic heterocycles. The van der Waals surface area contributed by atoms with Gasteiger partial charge in [0.1, 0.15) is 6.10 Å². The number of esters is 1. The highest BCUT2D eigenvalue weighted by Crippen LogP contribution is 2.60. The highest BCUT2D eigenvalue weighted by Gasteiger charge is 2.62. The number of aliphatic hydroxyl groups excluding tert-OH is 2. The minimum atomic E-state index is -0.557. The summed E-state index contributed by atoms with van der Waals surface area (Å²) in [5.74, 6) is 0.161. The Morgan fingerprint density at radius 2 is 2.08 bits per heavy atom. The third kappa shape index (κ3) is 2.58. The summed E-state index contributed by atoms with van der Waals surface area (Å²) in [7, 11) is 0. The minimum Gasteiger partial charge on any atom is -0.462 e. The lowest BCUT2D eigenvalue weighted by molar-refractivity contribution is -0.212. The molecule has 8 atom stereocenters. The van der Waals surface area contributed by atoms with Gasteiger partial charge < -0.3 is 19.7 Å². The normalized spacial score (nSPS) is 50.3. The third-order valence-electron chi connectivity index (χ3n) is 7.85. The van der Waals surface area contributed by atoms with Crippen LogP contribution in [0.25, 0.3) is 0 Å². The molecule has 4 aliphatic rings. The van der Waals surface area contributed by atoms with Crippen LogP contribution in [0, 0.1) is 22.7 Å². The van der Waals surface area contributed by atoms with E-state index in [1.54, 1.807) is 0 Å². The molecule has 5 heteroatoms. The van der Waals surface area contributed by atoms with Crippen molar-refractivity contribution in [3.05, 3.63) is 11.6 Å². The van der Waals surface area contributed by atoms with Crippen LogP contribution in [0.1, 0.15) is 59.3 Å². The maximum absolute atomic E-state index is 11.9. The third-order valence-corrected chi connectivity index (χ3v) is 7.85. The summed E-state index contributed by atoms with van der Waals surface area (Å²) >= 11 is 0. The highest BCUT2D eigenvalue weighted by atomic mass is 16.5. The number of aliphatic hydroxyl groups is 2. The van der Waals surface area contributed by atoms with Crippen molar-refractivity contribution in [2.24, 2.45) is 22.7 Å². The quantitative estimate of drug-likeness (QED) is 0.582. The zero-order valence-corrected chi connectivity index (χ0v) is 16.1. The first-order valence-electron chi connectivity index (χ1n) is 10.2. The van der Waals surface area contributed by atoms with E-state index in [9.17, 15) is 15.0 Å². The van der Waals surface area contributed by atoms with Gasteiger partial charge in [-0.2, -0.15) is 0 Å². The lowest BCUT2D eigenvalue weighted by Crippen LogP contribution is -2.61. The van der Waals surface area contributed by atoms with Crippen LogP contribution in [0.3, 0.4) is 0 Å². The van der Waals surface area contributed by atoms with Gasteiger partial charge in [-0.1, -0.05) is 32.4 Å². The zero-order chi connectivity index (χ0) is 18.7. The summed E-state index contributed by atoms with van der Waals surface area (Å²) in [4.78, 5) is 11.9. The van der Waals surface area contributed by atoms with Gasteiger partial charge in [-0.15, -0.1) is 0 Å². The number of rotatable bonds is 2. The van der Waals surface area contributed by atoms with E-state index in [1.165, 1.54) is 0 Å². The summed E-state index contributed by atoms with van der Waals surface area (Å²) in [6.45, 7) is 6.78. The summed E-state index contributed by atoms with van der Waals surface area (Å²) in [6, 6.07) is 0. The molecular formula is C21H32O5. The van der Waals surface area contributed by atoms with Crippen LogP contribution in [0.15, 0.2) is 11.6 Å². The Hall–Kier alpha value is -0.910. The van der Waals surface area contributed by atoms with Crippen molar-refractivity contribution in [2.45, 2.75) is 83.7 Å². The Kier molecular flexibility index (Phi) is 4.48. The van der Waals surface area contributed by atoms with Gasteiger partial charge in [0.2, 0.25) is 0 Å². The summed E-state index contributed by atoms with van der Waals surface area (Å²) in [5.41, 5.74) is 0.812. The van der Waals surface area contributed by atoms with E-state index in [-0.39, 0.29) is 46.9 Å². The van der Waals surface area contributed by atoms with Crippen molar-refractivity contribution in [1.29, 1.82) is 0 Å². The fourth-order valence-corrected chi connectivity index (χ4v) is 6.23. The topological polar surface area (TPSA) is 76.0 Å². The molecule has 3 aliphatic carbocycles. The van der Waals surface area contributed by atoms with Crippen LogP contribution in [-0.4, -0.2) is 47.2 Å². The smallest absolute Gasteiger partial charge is 0.305 e. The summed E-state index contributed by atoms with van der Waals surface area (Å²) in [6.07, 6.45) is 5.49. The molecule has 0 bridgehead atoms. The molecule has 3 unspecified atom stereocenters. The Bertz CT molecular complexity index is 616. The van der Waals surface area contributed by atoms with Gasteiger partial charge in [0.05, 0.1) is 24.9 Å². The molecule has 1 aliphatic heterocycles. The van der Waals surface area contributed by atoms with E-state index in [4.69, 9.17) is 9.47 Å². The molecule has 0 amide bonds. The lowest BCUT2D eigenvalue weighted by Gasteiger charge is -2.58. The van der Waals surface area contributed by atoms with Gasteiger partial charge >= 0.3 is 5.97 Å². The molecule has 1 saturated heterocycles. The second-order valence-corrected chi connectivity index (χ2v) is 9.33. The first kappa shape index (κ1) is 18.5. The SMILES string of the molecule is CCC(=O)O[C@H]1CCC2C3C(OC[C@@]21C)[C@@]1(C)CC[C@H](O)CC1=C[C@@H]3O. The molecule has 0 aromatic carbocycles. The van der Waals surface area contributed by atoms with Gasteiger partial charge in [-0.25, -0.2) is 0 Å². The maximum Gasteiger partial charge on any atom is 0.305 e. The Labute approximate surface area is 155 Å². The van der Waals surface area contributed by atoms with Gasteiger partial charge in [-0.05, 0) is 38.0 Å². The zero-order valence-electron chi connectivity index (χ0n) is 16.1. The van der Waals surface area contributed by atoms with E-state index in [1.807, 2.05) is 13.0 Å². The van der Waals surface area contributed by atoms with Gasteiger partial charge in [0, 0.05) is 23.2 Å². The van der Waals surface area contributed by atoms with Crippen LogP contribution in [0.5, 0.6) is 0 Å². The van der Waals surface area contributed by atoms with Crippen LogP contribution < -0.4 is 0 Å². The van der Waals surface area contributed by atoms with Crippen molar-refractivity contribution in [2.75, 3.05) is 6.61 Å². The first-order valence-corrected chi connectivity index (χ1v) is 10.2. The van der Waals surface area contributed by atoms with Crippen molar-refractivity contribution in [3.63, 3.8) is 0 Å². The summed E-state index contributed by atoms with van der Waals surface area (Å²) < 4.78 is 12.2. The van der Waals surface area contributed by atoms with Crippen LogP contribution >= 0.6 is 0 Å². The number of hydrogen-bond acceptors (Lipinski definition) is 5. The van der Waals surface area contributed by atoms with Crippen LogP contribution in [0.2, 0.25) is 0 Å². The molecule has 3 fully saturated rings. The van der Waals surface area contributed by atoms with Crippen molar-refractivity contribution in [1.82, 2.24) is 0 Å². The fraction of sp³-hybridized carbons (Fsp3) is 0.857. The molecule has 0 aromatic rings. The highest BCUT2D eigenvalue weighted by molar-refractivity contribution is 5.69. The molecule has 0 radical (unpaired) electrons. The molecule has 1 heterocycles. The Morgan fingerprint density at radius 3 is 2.81 bits per heavy atom. The van der Waals surface area contributed by atoms with Gasteiger partial charge in [-0.3, -0.25) is 4.79 Å². The van der Waals surface area contributed by atoms with Crippen molar-refractivity contribution in [3.8, 4) is 0 Å². The monoisotopic (exact) mass is 364 g/mol. The average Bonchev–Trinajstić information content (AvgIpc) is 2.93. The Morgan fingerprint density at radius 1 is 1.31 bits per heavy atom. The fourth-order valence-electron chi connectivity index (χ4n) is 6.23. The predicted octanol–water partition coefficient (Wildman–Crippen LogP) is 2.59. The first-order chi connectivity index (χ1) is 12.3. The number of fused-ring (bicyclic) bond motifs is 5. The molecule has 5 nitrogen and oxygen atoms in total. The van der Waals surface area contributed by atoms with Crippen molar-refractivity contribution < 1.29 is 24.5 Å². The largest absolute Gasteiger partial charge is 0.462 e. The van der Waals surface area contributed by atoms with Gasteiger partial charge in [0.25, 0.3) is 0 Å². The molecule has 26 heavy (non-hydrogen) atoms. The number of hydrogen-bond donors (Lipinski definition) is 2. The van der Waals surface area contributed by atoms with E-state index < -0.39 is 6.10 Å². The maximum atomic E-state index is 11.9. The number of ether oxygens (including phenoxy) is 2.